The molecule has 0 spiro atoms. The molecule has 134 valence electrons. The molecule has 6 heteroatoms. The molecule has 0 saturated carbocycles. The number of fused-ring (bicyclic) bond motifs is 1. The van der Waals surface area contributed by atoms with Gasteiger partial charge < -0.3 is 19.8 Å². The quantitative estimate of drug-likeness (QED) is 0.558. The van der Waals surface area contributed by atoms with E-state index in [0.717, 1.165) is 22.7 Å². The van der Waals surface area contributed by atoms with Crippen molar-refractivity contribution in [3.05, 3.63) is 79.1 Å². The first kappa shape index (κ1) is 16.7. The standard InChI is InChI=1S/C21H18N4O2/c1-27-18-11-9-17(10-12-18)23-21(26)22-16-7-5-15(6-8-16)19-14-25-13-3-2-4-20(25)24-19/h2-14H,1H3,(H2,22,23,26). The molecule has 4 aromatic rings. The van der Waals surface area contributed by atoms with Gasteiger partial charge >= 0.3 is 6.03 Å². The minimum atomic E-state index is -0.305. The molecule has 0 radical (unpaired) electrons. The lowest BCUT2D eigenvalue weighted by Crippen LogP contribution is -2.19. The molecule has 27 heavy (non-hydrogen) atoms. The lowest BCUT2D eigenvalue weighted by Gasteiger charge is -2.08. The minimum Gasteiger partial charge on any atom is -0.497 e. The van der Waals surface area contributed by atoms with E-state index in [0.29, 0.717) is 11.4 Å². The Balaban J connectivity index is 1.43. The van der Waals surface area contributed by atoms with Crippen molar-refractivity contribution in [3.8, 4) is 17.0 Å². The monoisotopic (exact) mass is 358 g/mol. The fraction of sp³-hybridized carbons (Fsp3) is 0.0476. The van der Waals surface area contributed by atoms with Crippen LogP contribution in [0, 0.1) is 0 Å². The van der Waals surface area contributed by atoms with Gasteiger partial charge in [0.15, 0.2) is 0 Å². The SMILES string of the molecule is COc1ccc(NC(=O)Nc2ccc(-c3cn4ccccc4n3)cc2)cc1. The molecule has 2 heterocycles. The topological polar surface area (TPSA) is 67.7 Å². The number of carbonyl (C=O) groups excluding carboxylic acids is 1. The highest BCUT2D eigenvalue weighted by Gasteiger charge is 2.06. The van der Waals surface area contributed by atoms with Gasteiger partial charge in [-0.05, 0) is 48.5 Å². The fourth-order valence-electron chi connectivity index (χ4n) is 2.77. The Hall–Kier alpha value is -3.80. The van der Waals surface area contributed by atoms with Gasteiger partial charge in [0.2, 0.25) is 0 Å². The van der Waals surface area contributed by atoms with E-state index in [9.17, 15) is 4.79 Å². The third-order valence-electron chi connectivity index (χ3n) is 4.15. The lowest BCUT2D eigenvalue weighted by molar-refractivity contribution is 0.262. The maximum atomic E-state index is 12.1. The number of hydrogen-bond donors (Lipinski definition) is 2. The van der Waals surface area contributed by atoms with Crippen LogP contribution in [-0.4, -0.2) is 22.5 Å². The van der Waals surface area contributed by atoms with Gasteiger partial charge in [0.25, 0.3) is 0 Å². The van der Waals surface area contributed by atoms with Crippen LogP contribution in [0.2, 0.25) is 0 Å². The first-order valence-electron chi connectivity index (χ1n) is 8.47. The number of urea groups is 1. The Morgan fingerprint density at radius 1 is 0.926 bits per heavy atom. The second kappa shape index (κ2) is 7.21. The van der Waals surface area contributed by atoms with Crippen LogP contribution in [0.5, 0.6) is 5.75 Å². The van der Waals surface area contributed by atoms with Gasteiger partial charge in [-0.3, -0.25) is 0 Å². The summed E-state index contributed by atoms with van der Waals surface area (Å²) in [7, 11) is 1.60. The Kier molecular flexibility index (Phi) is 4.45. The number of ether oxygens (including phenoxy) is 1. The van der Waals surface area contributed by atoms with E-state index < -0.39 is 0 Å². The molecule has 0 aliphatic carbocycles. The van der Waals surface area contributed by atoms with Crippen molar-refractivity contribution >= 4 is 23.1 Å². The average Bonchev–Trinajstić information content (AvgIpc) is 3.13. The van der Waals surface area contributed by atoms with E-state index in [2.05, 4.69) is 15.6 Å². The van der Waals surface area contributed by atoms with Gasteiger partial charge in [-0.2, -0.15) is 0 Å². The number of rotatable bonds is 4. The number of nitrogens with zero attached hydrogens (tertiary/aromatic N) is 2. The van der Waals surface area contributed by atoms with Gasteiger partial charge in [-0.25, -0.2) is 9.78 Å². The van der Waals surface area contributed by atoms with Crippen molar-refractivity contribution in [2.24, 2.45) is 0 Å². The van der Waals surface area contributed by atoms with Crippen molar-refractivity contribution < 1.29 is 9.53 Å². The van der Waals surface area contributed by atoms with E-state index >= 15 is 0 Å². The summed E-state index contributed by atoms with van der Waals surface area (Å²) < 4.78 is 7.08. The molecular weight excluding hydrogens is 340 g/mol. The lowest BCUT2D eigenvalue weighted by atomic mass is 10.1. The largest absolute Gasteiger partial charge is 0.497 e. The number of nitrogens with one attached hydrogen (secondary N) is 2. The molecule has 0 saturated heterocycles. The van der Waals surface area contributed by atoms with E-state index in [1.165, 1.54) is 0 Å². The zero-order chi connectivity index (χ0) is 18.6. The van der Waals surface area contributed by atoms with Gasteiger partial charge in [-0.1, -0.05) is 18.2 Å². The molecule has 4 rings (SSSR count). The van der Waals surface area contributed by atoms with Crippen LogP contribution in [0.1, 0.15) is 0 Å². The summed E-state index contributed by atoms with van der Waals surface area (Å²) in [5.74, 6) is 0.739. The maximum Gasteiger partial charge on any atom is 0.323 e. The first-order chi connectivity index (χ1) is 13.2. The van der Waals surface area contributed by atoms with Crippen LogP contribution in [0.3, 0.4) is 0 Å². The van der Waals surface area contributed by atoms with Crippen molar-refractivity contribution in [1.29, 1.82) is 0 Å². The van der Waals surface area contributed by atoms with Gasteiger partial charge in [0.1, 0.15) is 11.4 Å². The molecule has 2 N–H and O–H groups in total. The van der Waals surface area contributed by atoms with Crippen LogP contribution in [0.15, 0.2) is 79.1 Å². The van der Waals surface area contributed by atoms with Crippen LogP contribution in [0.25, 0.3) is 16.9 Å². The normalized spacial score (nSPS) is 10.6. The number of imidazole rings is 1. The average molecular weight is 358 g/mol. The highest BCUT2D eigenvalue weighted by atomic mass is 16.5. The number of anilines is 2. The Morgan fingerprint density at radius 2 is 1.59 bits per heavy atom. The van der Waals surface area contributed by atoms with Crippen LogP contribution < -0.4 is 15.4 Å². The van der Waals surface area contributed by atoms with E-state index in [4.69, 9.17) is 4.74 Å². The highest BCUT2D eigenvalue weighted by molar-refractivity contribution is 5.99. The van der Waals surface area contributed by atoms with Gasteiger partial charge in [0, 0.05) is 29.3 Å². The van der Waals surface area contributed by atoms with E-state index in [1.807, 2.05) is 59.3 Å². The van der Waals surface area contributed by atoms with Crippen LogP contribution in [0.4, 0.5) is 16.2 Å². The predicted molar refractivity (Wildman–Crippen MR) is 106 cm³/mol. The van der Waals surface area contributed by atoms with Gasteiger partial charge in [0.05, 0.1) is 12.8 Å². The molecule has 6 nitrogen and oxygen atoms in total. The Bertz CT molecular complexity index is 1040. The van der Waals surface area contributed by atoms with Gasteiger partial charge in [-0.15, -0.1) is 0 Å². The summed E-state index contributed by atoms with van der Waals surface area (Å²) in [5.41, 5.74) is 4.16. The molecule has 2 aromatic carbocycles. The summed E-state index contributed by atoms with van der Waals surface area (Å²) in [6, 6.07) is 20.3. The Morgan fingerprint density at radius 3 is 2.22 bits per heavy atom. The summed E-state index contributed by atoms with van der Waals surface area (Å²) in [6.07, 6.45) is 3.94. The highest BCUT2D eigenvalue weighted by Crippen LogP contribution is 2.21. The number of hydrogen-bond acceptors (Lipinski definition) is 3. The van der Waals surface area contributed by atoms with Crippen molar-refractivity contribution in [1.82, 2.24) is 9.38 Å². The maximum absolute atomic E-state index is 12.1. The van der Waals surface area contributed by atoms with Crippen molar-refractivity contribution in [2.75, 3.05) is 17.7 Å². The summed E-state index contributed by atoms with van der Waals surface area (Å²) in [6.45, 7) is 0. The molecule has 0 unspecified atom stereocenters. The number of benzene rings is 2. The second-order valence-electron chi connectivity index (χ2n) is 5.98. The number of aromatic nitrogens is 2. The molecule has 0 fully saturated rings. The number of methoxy groups -OCH3 is 1. The van der Waals surface area contributed by atoms with Crippen LogP contribution in [-0.2, 0) is 0 Å². The van der Waals surface area contributed by atoms with Crippen LogP contribution >= 0.6 is 0 Å². The fourth-order valence-corrected chi connectivity index (χ4v) is 2.77. The predicted octanol–water partition coefficient (Wildman–Crippen LogP) is 4.65. The third kappa shape index (κ3) is 3.74. The molecule has 0 atom stereocenters. The minimum absolute atomic E-state index is 0.305. The number of amides is 2. The Labute approximate surface area is 156 Å². The summed E-state index contributed by atoms with van der Waals surface area (Å²) >= 11 is 0. The molecule has 0 bridgehead atoms. The second-order valence-corrected chi connectivity index (χ2v) is 5.98. The summed E-state index contributed by atoms with van der Waals surface area (Å²) in [5, 5.41) is 5.60. The van der Waals surface area contributed by atoms with Crippen molar-refractivity contribution in [3.63, 3.8) is 0 Å². The number of carbonyl (C=O) groups is 1. The molecular formula is C21H18N4O2. The third-order valence-corrected chi connectivity index (χ3v) is 4.15. The molecule has 2 amide bonds. The molecule has 0 aliphatic heterocycles. The van der Waals surface area contributed by atoms with E-state index in [1.54, 1.807) is 31.4 Å². The summed E-state index contributed by atoms with van der Waals surface area (Å²) in [4.78, 5) is 16.7. The zero-order valence-corrected chi connectivity index (χ0v) is 14.7. The molecule has 2 aromatic heterocycles. The van der Waals surface area contributed by atoms with E-state index in [-0.39, 0.29) is 6.03 Å². The van der Waals surface area contributed by atoms with Crippen molar-refractivity contribution in [2.45, 2.75) is 0 Å². The first-order valence-corrected chi connectivity index (χ1v) is 8.47. The smallest absolute Gasteiger partial charge is 0.323 e. The number of pyridine rings is 1. The zero-order valence-electron chi connectivity index (χ0n) is 14.7. The molecule has 0 aliphatic rings.